The maximum atomic E-state index is 10.5. The van der Waals surface area contributed by atoms with E-state index in [1.807, 2.05) is 13.8 Å². The molecule has 0 bridgehead atoms. The Labute approximate surface area is 108 Å². The lowest BCUT2D eigenvalue weighted by molar-refractivity contribution is -0.385. The molecule has 94 valence electrons. The first-order chi connectivity index (χ1) is 8.00. The molecule has 0 saturated heterocycles. The molecule has 0 aromatic carbocycles. The minimum atomic E-state index is -0.498. The molecule has 0 spiro atoms. The number of rotatable bonds is 6. The van der Waals surface area contributed by atoms with Crippen molar-refractivity contribution in [2.24, 2.45) is 0 Å². The fourth-order valence-corrected chi connectivity index (χ4v) is 1.57. The summed E-state index contributed by atoms with van der Waals surface area (Å²) in [5, 5.41) is 13.7. The molecule has 0 radical (unpaired) electrons. The predicted molar refractivity (Wildman–Crippen MR) is 67.2 cm³/mol. The lowest BCUT2D eigenvalue weighted by Crippen LogP contribution is -2.27. The Hall–Kier alpha value is -1.21. The molecule has 17 heavy (non-hydrogen) atoms. The number of nitrogens with zero attached hydrogens (tertiary/aromatic N) is 2. The molecule has 0 fully saturated rings. The second-order valence-corrected chi connectivity index (χ2v) is 4.55. The number of pyridine rings is 1. The van der Waals surface area contributed by atoms with Gasteiger partial charge in [-0.2, -0.15) is 0 Å². The zero-order valence-electron chi connectivity index (χ0n) is 9.64. The molecule has 0 saturated carbocycles. The fourth-order valence-electron chi connectivity index (χ4n) is 1.12. The highest BCUT2D eigenvalue weighted by molar-refractivity contribution is 9.10. The minimum Gasteiger partial charge on any atom is -0.476 e. The molecule has 0 aliphatic carbocycles. The summed E-state index contributed by atoms with van der Waals surface area (Å²) in [6.07, 6.45) is 1.18. The van der Waals surface area contributed by atoms with Crippen molar-refractivity contribution < 1.29 is 9.66 Å². The number of hydrogen-bond acceptors (Lipinski definition) is 5. The van der Waals surface area contributed by atoms with Crippen LogP contribution in [0.2, 0.25) is 0 Å². The van der Waals surface area contributed by atoms with Crippen LogP contribution in [0.1, 0.15) is 13.8 Å². The van der Waals surface area contributed by atoms with E-state index >= 15 is 0 Å². The summed E-state index contributed by atoms with van der Waals surface area (Å²) in [5.74, 6) is 0.362. The summed E-state index contributed by atoms with van der Waals surface area (Å²) in [6.45, 7) is 5.24. The Balaban J connectivity index is 2.52. The van der Waals surface area contributed by atoms with E-state index < -0.39 is 4.92 Å². The average Bonchev–Trinajstić information content (AvgIpc) is 2.25. The van der Waals surface area contributed by atoms with Crippen LogP contribution in [0.4, 0.5) is 5.69 Å². The first kappa shape index (κ1) is 13.9. The van der Waals surface area contributed by atoms with Crippen LogP contribution in [0.3, 0.4) is 0 Å². The van der Waals surface area contributed by atoms with Crippen molar-refractivity contribution >= 4 is 21.6 Å². The highest BCUT2D eigenvalue weighted by Gasteiger charge is 2.11. The van der Waals surface area contributed by atoms with Gasteiger partial charge in [-0.05, 0) is 15.9 Å². The van der Waals surface area contributed by atoms with Gasteiger partial charge in [0.2, 0.25) is 5.88 Å². The topological polar surface area (TPSA) is 77.3 Å². The molecule has 0 aliphatic heterocycles. The van der Waals surface area contributed by atoms with Gasteiger partial charge in [-0.1, -0.05) is 13.8 Å². The van der Waals surface area contributed by atoms with Crippen LogP contribution in [-0.4, -0.2) is 29.1 Å². The van der Waals surface area contributed by atoms with E-state index in [0.717, 1.165) is 0 Å². The third kappa shape index (κ3) is 4.66. The smallest absolute Gasteiger partial charge is 0.288 e. The van der Waals surface area contributed by atoms with Gasteiger partial charge in [-0.15, -0.1) is 0 Å². The van der Waals surface area contributed by atoms with Crippen LogP contribution in [0, 0.1) is 10.1 Å². The van der Waals surface area contributed by atoms with Gasteiger partial charge in [0.05, 0.1) is 9.40 Å². The molecule has 0 amide bonds. The summed E-state index contributed by atoms with van der Waals surface area (Å²) < 4.78 is 5.86. The van der Waals surface area contributed by atoms with Gasteiger partial charge in [0.15, 0.2) is 0 Å². The fraction of sp³-hybridized carbons (Fsp3) is 0.500. The molecule has 1 aromatic heterocycles. The predicted octanol–water partition coefficient (Wildman–Crippen LogP) is 2.13. The highest BCUT2D eigenvalue weighted by Crippen LogP contribution is 2.25. The molecule has 6 nitrogen and oxygen atoms in total. The molecule has 1 rings (SSSR count). The number of nitrogens with one attached hydrogen (secondary N) is 1. The lowest BCUT2D eigenvalue weighted by atomic mass is 10.4. The van der Waals surface area contributed by atoms with Crippen molar-refractivity contribution in [3.05, 3.63) is 26.9 Å². The summed E-state index contributed by atoms with van der Waals surface area (Å²) in [4.78, 5) is 13.9. The SMILES string of the molecule is CC(C)NCCOc1ncc([N+](=O)[O-])cc1Br. The van der Waals surface area contributed by atoms with Crippen molar-refractivity contribution in [3.8, 4) is 5.88 Å². The molecular weight excluding hydrogens is 290 g/mol. The van der Waals surface area contributed by atoms with Gasteiger partial charge < -0.3 is 10.1 Å². The largest absolute Gasteiger partial charge is 0.476 e. The van der Waals surface area contributed by atoms with E-state index in [0.29, 0.717) is 29.5 Å². The Kier molecular flexibility index (Phi) is 5.30. The maximum absolute atomic E-state index is 10.5. The van der Waals surface area contributed by atoms with E-state index in [2.05, 4.69) is 26.2 Å². The van der Waals surface area contributed by atoms with Crippen LogP contribution in [0.25, 0.3) is 0 Å². The molecule has 0 aliphatic rings. The van der Waals surface area contributed by atoms with Crippen LogP contribution in [-0.2, 0) is 0 Å². The van der Waals surface area contributed by atoms with Crippen molar-refractivity contribution in [1.29, 1.82) is 0 Å². The molecular formula is C10H14BrN3O3. The van der Waals surface area contributed by atoms with E-state index in [4.69, 9.17) is 4.74 Å². The molecule has 1 N–H and O–H groups in total. The number of halogens is 1. The Morgan fingerprint density at radius 2 is 2.35 bits per heavy atom. The van der Waals surface area contributed by atoms with Crippen LogP contribution < -0.4 is 10.1 Å². The van der Waals surface area contributed by atoms with Gasteiger partial charge in [-0.25, -0.2) is 4.98 Å². The zero-order chi connectivity index (χ0) is 12.8. The number of hydrogen-bond donors (Lipinski definition) is 1. The van der Waals surface area contributed by atoms with Gasteiger partial charge in [-0.3, -0.25) is 10.1 Å². The van der Waals surface area contributed by atoms with Crippen molar-refractivity contribution in [3.63, 3.8) is 0 Å². The summed E-state index contributed by atoms with van der Waals surface area (Å²) in [5.41, 5.74) is -0.0652. The first-order valence-corrected chi connectivity index (χ1v) is 5.96. The van der Waals surface area contributed by atoms with E-state index in [-0.39, 0.29) is 5.69 Å². The molecule has 1 heterocycles. The first-order valence-electron chi connectivity index (χ1n) is 5.17. The average molecular weight is 304 g/mol. The van der Waals surface area contributed by atoms with Gasteiger partial charge in [0, 0.05) is 18.7 Å². The molecule has 7 heteroatoms. The Bertz CT molecular complexity index is 398. The van der Waals surface area contributed by atoms with E-state index in [1.165, 1.54) is 12.3 Å². The Morgan fingerprint density at radius 3 is 2.88 bits per heavy atom. The van der Waals surface area contributed by atoms with Crippen LogP contribution in [0.15, 0.2) is 16.7 Å². The maximum Gasteiger partial charge on any atom is 0.288 e. The summed E-state index contributed by atoms with van der Waals surface area (Å²) in [6, 6.07) is 1.77. The van der Waals surface area contributed by atoms with Crippen LogP contribution in [0.5, 0.6) is 5.88 Å². The van der Waals surface area contributed by atoms with Crippen LogP contribution >= 0.6 is 15.9 Å². The lowest BCUT2D eigenvalue weighted by Gasteiger charge is -2.09. The quantitative estimate of drug-likeness (QED) is 0.495. The van der Waals surface area contributed by atoms with Crippen molar-refractivity contribution in [1.82, 2.24) is 10.3 Å². The second-order valence-electron chi connectivity index (χ2n) is 3.69. The Morgan fingerprint density at radius 1 is 1.65 bits per heavy atom. The summed E-state index contributed by atoms with van der Waals surface area (Å²) >= 11 is 3.18. The standard InChI is InChI=1S/C10H14BrN3O3/c1-7(2)12-3-4-17-10-9(11)5-8(6-13-10)14(15)16/h5-7,12H,3-4H2,1-2H3. The molecule has 0 unspecified atom stereocenters. The minimum absolute atomic E-state index is 0.0652. The molecule has 0 atom stereocenters. The van der Waals surface area contributed by atoms with E-state index in [9.17, 15) is 10.1 Å². The molecule has 1 aromatic rings. The monoisotopic (exact) mass is 303 g/mol. The third-order valence-corrected chi connectivity index (χ3v) is 2.47. The third-order valence-electron chi connectivity index (χ3n) is 1.90. The number of aromatic nitrogens is 1. The second kappa shape index (κ2) is 6.51. The zero-order valence-corrected chi connectivity index (χ0v) is 11.2. The van der Waals surface area contributed by atoms with Gasteiger partial charge >= 0.3 is 0 Å². The van der Waals surface area contributed by atoms with Crippen molar-refractivity contribution in [2.45, 2.75) is 19.9 Å². The summed E-state index contributed by atoms with van der Waals surface area (Å²) in [7, 11) is 0. The number of nitro groups is 1. The van der Waals surface area contributed by atoms with Gasteiger partial charge in [0.25, 0.3) is 5.69 Å². The highest BCUT2D eigenvalue weighted by atomic mass is 79.9. The number of ether oxygens (including phenoxy) is 1. The normalized spacial score (nSPS) is 10.6. The van der Waals surface area contributed by atoms with Gasteiger partial charge in [0.1, 0.15) is 12.8 Å². The van der Waals surface area contributed by atoms with E-state index in [1.54, 1.807) is 0 Å². The van der Waals surface area contributed by atoms with Crippen molar-refractivity contribution in [2.75, 3.05) is 13.2 Å².